The van der Waals surface area contributed by atoms with Crippen LogP contribution in [0.3, 0.4) is 0 Å². The van der Waals surface area contributed by atoms with Crippen LogP contribution in [0.4, 0.5) is 0 Å². The normalized spacial score (nSPS) is 31.2. The Morgan fingerprint density at radius 2 is 2.30 bits per heavy atom. The maximum atomic E-state index is 13.2. The molecule has 0 radical (unpaired) electrons. The second-order valence-electron chi connectivity index (χ2n) is 8.58. The SMILES string of the molecule is Cc1cc(CN(C)C(=O)C2C3C(=O)N(CCC(C)C)C[C@]34C=C[C@H]2O4)n[nH]1. The summed E-state index contributed by atoms with van der Waals surface area (Å²) >= 11 is 0. The highest BCUT2D eigenvalue weighted by molar-refractivity contribution is 5.93. The van der Waals surface area contributed by atoms with Gasteiger partial charge in [0.2, 0.25) is 11.8 Å². The smallest absolute Gasteiger partial charge is 0.230 e. The summed E-state index contributed by atoms with van der Waals surface area (Å²) in [6, 6.07) is 1.93. The Morgan fingerprint density at radius 1 is 1.52 bits per heavy atom. The van der Waals surface area contributed by atoms with Crippen molar-refractivity contribution >= 4 is 11.8 Å². The van der Waals surface area contributed by atoms with Gasteiger partial charge in [0.05, 0.1) is 36.7 Å². The van der Waals surface area contributed by atoms with Gasteiger partial charge in [-0.25, -0.2) is 0 Å². The van der Waals surface area contributed by atoms with E-state index in [-0.39, 0.29) is 17.9 Å². The molecule has 3 aliphatic rings. The molecule has 27 heavy (non-hydrogen) atoms. The fourth-order valence-corrected chi connectivity index (χ4v) is 4.59. The Balaban J connectivity index is 1.51. The lowest BCUT2D eigenvalue weighted by atomic mass is 9.76. The number of carbonyl (C=O) groups excluding carboxylic acids is 2. The first kappa shape index (κ1) is 18.2. The van der Waals surface area contributed by atoms with Gasteiger partial charge in [-0.05, 0) is 25.3 Å². The minimum absolute atomic E-state index is 0.0454. The van der Waals surface area contributed by atoms with E-state index in [1.807, 2.05) is 30.0 Å². The number of nitrogens with one attached hydrogen (secondary N) is 1. The summed E-state index contributed by atoms with van der Waals surface area (Å²) in [6.07, 6.45) is 4.63. The van der Waals surface area contributed by atoms with E-state index in [1.165, 1.54) is 0 Å². The van der Waals surface area contributed by atoms with Crippen LogP contribution in [0, 0.1) is 24.7 Å². The Hall–Kier alpha value is -2.15. The molecule has 2 saturated heterocycles. The van der Waals surface area contributed by atoms with Crippen LogP contribution in [0.5, 0.6) is 0 Å². The van der Waals surface area contributed by atoms with Crippen molar-refractivity contribution in [3.05, 3.63) is 29.6 Å². The maximum absolute atomic E-state index is 13.2. The first-order chi connectivity index (χ1) is 12.8. The highest BCUT2D eigenvalue weighted by atomic mass is 16.5. The Kier molecular flexibility index (Phi) is 4.37. The molecular formula is C20H28N4O3. The fraction of sp³-hybridized carbons (Fsp3) is 0.650. The molecule has 2 fully saturated rings. The molecule has 7 nitrogen and oxygen atoms in total. The predicted molar refractivity (Wildman–Crippen MR) is 99.6 cm³/mol. The topological polar surface area (TPSA) is 78.5 Å². The molecule has 1 aromatic heterocycles. The molecule has 1 N–H and O–H groups in total. The minimum atomic E-state index is -0.622. The number of aromatic nitrogens is 2. The second-order valence-corrected chi connectivity index (χ2v) is 8.58. The van der Waals surface area contributed by atoms with Crippen molar-refractivity contribution < 1.29 is 14.3 Å². The van der Waals surface area contributed by atoms with Crippen LogP contribution < -0.4 is 0 Å². The number of hydrogen-bond acceptors (Lipinski definition) is 4. The summed E-state index contributed by atoms with van der Waals surface area (Å²) in [7, 11) is 1.77. The quantitative estimate of drug-likeness (QED) is 0.768. The second kappa shape index (κ2) is 6.48. The van der Waals surface area contributed by atoms with Gasteiger partial charge >= 0.3 is 0 Å². The van der Waals surface area contributed by atoms with Crippen molar-refractivity contribution in [2.24, 2.45) is 17.8 Å². The molecule has 0 aromatic carbocycles. The van der Waals surface area contributed by atoms with Crippen molar-refractivity contribution in [1.82, 2.24) is 20.0 Å². The number of carbonyl (C=O) groups is 2. The predicted octanol–water partition coefficient (Wildman–Crippen LogP) is 1.50. The number of likely N-dealkylation sites (tertiary alicyclic amines) is 1. The third-order valence-corrected chi connectivity index (χ3v) is 5.97. The maximum Gasteiger partial charge on any atom is 0.230 e. The van der Waals surface area contributed by atoms with E-state index in [0.717, 1.165) is 24.4 Å². The van der Waals surface area contributed by atoms with Crippen LogP contribution in [0.15, 0.2) is 18.2 Å². The van der Waals surface area contributed by atoms with E-state index >= 15 is 0 Å². The molecule has 4 atom stereocenters. The number of ether oxygens (including phenoxy) is 1. The molecule has 1 aromatic rings. The van der Waals surface area contributed by atoms with Gasteiger partial charge in [0.1, 0.15) is 5.60 Å². The highest BCUT2D eigenvalue weighted by Gasteiger charge is 2.66. The number of aryl methyl sites for hydroxylation is 1. The van der Waals surface area contributed by atoms with E-state index < -0.39 is 17.4 Å². The third-order valence-electron chi connectivity index (χ3n) is 5.97. The summed E-state index contributed by atoms with van der Waals surface area (Å²) in [6.45, 7) is 7.93. The number of hydrogen-bond donors (Lipinski definition) is 1. The number of H-pyrrole nitrogens is 1. The lowest BCUT2D eigenvalue weighted by molar-refractivity contribution is -0.142. The van der Waals surface area contributed by atoms with Crippen LogP contribution in [0.2, 0.25) is 0 Å². The summed E-state index contributed by atoms with van der Waals surface area (Å²) in [4.78, 5) is 29.9. The average Bonchev–Trinajstić information content (AvgIpc) is 3.34. The molecule has 4 heterocycles. The van der Waals surface area contributed by atoms with Gasteiger partial charge in [-0.3, -0.25) is 14.7 Å². The van der Waals surface area contributed by atoms with E-state index in [0.29, 0.717) is 19.0 Å². The Bertz CT molecular complexity index is 786. The molecular weight excluding hydrogens is 344 g/mol. The molecule has 3 aliphatic heterocycles. The van der Waals surface area contributed by atoms with Gasteiger partial charge in [0, 0.05) is 19.3 Å². The van der Waals surface area contributed by atoms with Gasteiger partial charge in [-0.1, -0.05) is 26.0 Å². The van der Waals surface area contributed by atoms with Crippen LogP contribution in [0.25, 0.3) is 0 Å². The van der Waals surface area contributed by atoms with E-state index in [4.69, 9.17) is 4.74 Å². The van der Waals surface area contributed by atoms with E-state index in [9.17, 15) is 9.59 Å². The van der Waals surface area contributed by atoms with E-state index in [2.05, 4.69) is 24.0 Å². The van der Waals surface area contributed by atoms with Crippen molar-refractivity contribution in [2.45, 2.75) is 45.4 Å². The molecule has 0 saturated carbocycles. The zero-order chi connectivity index (χ0) is 19.3. The molecule has 4 rings (SSSR count). The van der Waals surface area contributed by atoms with Crippen molar-refractivity contribution in [2.75, 3.05) is 20.1 Å². The molecule has 146 valence electrons. The summed E-state index contributed by atoms with van der Waals surface area (Å²) < 4.78 is 6.19. The molecule has 2 bridgehead atoms. The number of nitrogens with zero attached hydrogens (tertiary/aromatic N) is 3. The van der Waals surface area contributed by atoms with Crippen molar-refractivity contribution in [3.8, 4) is 0 Å². The molecule has 0 aliphatic carbocycles. The Morgan fingerprint density at radius 3 is 2.96 bits per heavy atom. The van der Waals surface area contributed by atoms with Gasteiger partial charge in [-0.15, -0.1) is 0 Å². The zero-order valence-electron chi connectivity index (χ0n) is 16.4. The summed E-state index contributed by atoms with van der Waals surface area (Å²) in [5, 5.41) is 7.10. The summed E-state index contributed by atoms with van der Waals surface area (Å²) in [5.74, 6) is -0.308. The number of fused-ring (bicyclic) bond motifs is 1. The lowest BCUT2D eigenvalue weighted by Gasteiger charge is -2.27. The van der Waals surface area contributed by atoms with Gasteiger partial charge in [0.25, 0.3) is 0 Å². The van der Waals surface area contributed by atoms with Crippen LogP contribution in [-0.2, 0) is 20.9 Å². The molecule has 1 spiro atoms. The largest absolute Gasteiger partial charge is 0.360 e. The first-order valence-electron chi connectivity index (χ1n) is 9.72. The van der Waals surface area contributed by atoms with Gasteiger partial charge < -0.3 is 14.5 Å². The van der Waals surface area contributed by atoms with Gasteiger partial charge in [-0.2, -0.15) is 5.10 Å². The zero-order valence-corrected chi connectivity index (χ0v) is 16.4. The number of rotatable bonds is 6. The average molecular weight is 372 g/mol. The monoisotopic (exact) mass is 372 g/mol. The van der Waals surface area contributed by atoms with Crippen molar-refractivity contribution in [1.29, 1.82) is 0 Å². The van der Waals surface area contributed by atoms with Crippen LogP contribution in [-0.4, -0.2) is 63.7 Å². The third kappa shape index (κ3) is 2.98. The Labute approximate surface area is 159 Å². The molecule has 2 unspecified atom stereocenters. The number of amides is 2. The van der Waals surface area contributed by atoms with E-state index in [1.54, 1.807) is 11.9 Å². The van der Waals surface area contributed by atoms with Crippen LogP contribution in [0.1, 0.15) is 31.7 Å². The van der Waals surface area contributed by atoms with Gasteiger partial charge in [0.15, 0.2) is 0 Å². The summed E-state index contributed by atoms with van der Waals surface area (Å²) in [5.41, 5.74) is 1.15. The highest BCUT2D eigenvalue weighted by Crippen LogP contribution is 2.52. The first-order valence-corrected chi connectivity index (χ1v) is 9.72. The fourth-order valence-electron chi connectivity index (χ4n) is 4.59. The minimum Gasteiger partial charge on any atom is -0.360 e. The molecule has 2 amide bonds. The standard InChI is InChI=1S/C20H28N4O3/c1-12(2)6-8-24-11-20-7-5-15(27-20)16(17(20)19(24)26)18(25)23(4)10-14-9-13(3)21-22-14/h5,7,9,12,15-17H,6,8,10-11H2,1-4H3,(H,21,22)/t15-,16?,17?,20-/m1/s1. The lowest BCUT2D eigenvalue weighted by Crippen LogP contribution is -2.44. The van der Waals surface area contributed by atoms with Crippen molar-refractivity contribution in [3.63, 3.8) is 0 Å². The molecule has 7 heteroatoms. The van der Waals surface area contributed by atoms with Crippen LogP contribution >= 0.6 is 0 Å². The number of aromatic amines is 1.